The van der Waals surface area contributed by atoms with Gasteiger partial charge in [0.1, 0.15) is 0 Å². The van der Waals surface area contributed by atoms with Crippen molar-refractivity contribution in [2.24, 2.45) is 5.73 Å². The third kappa shape index (κ3) is 1.73. The number of hydrogen-bond donors (Lipinski definition) is 1. The molecule has 0 saturated carbocycles. The Bertz CT molecular complexity index is 236. The van der Waals surface area contributed by atoms with Crippen LogP contribution < -0.4 is 10.5 Å². The Balaban J connectivity index is 2.71. The minimum atomic E-state index is 0.233. The normalized spacial score (nSPS) is 12.9. The van der Waals surface area contributed by atoms with Crippen molar-refractivity contribution >= 4 is 0 Å². The van der Waals surface area contributed by atoms with Gasteiger partial charge in [0, 0.05) is 5.92 Å². The predicted octanol–water partition coefficient (Wildman–Crippen LogP) is 0.531. The van der Waals surface area contributed by atoms with E-state index < -0.39 is 0 Å². The van der Waals surface area contributed by atoms with Gasteiger partial charge in [0.05, 0.1) is 7.11 Å². The van der Waals surface area contributed by atoms with Crippen molar-refractivity contribution in [3.8, 4) is 5.88 Å². The van der Waals surface area contributed by atoms with Gasteiger partial charge in [-0.25, -0.2) is 4.63 Å². The molecular formula is C7H13N3O2. The molecule has 1 aromatic heterocycles. The number of rotatable bonds is 4. The Morgan fingerprint density at radius 1 is 1.58 bits per heavy atom. The van der Waals surface area contributed by atoms with E-state index in [9.17, 15) is 0 Å². The summed E-state index contributed by atoms with van der Waals surface area (Å²) in [6.07, 6.45) is 0.852. The van der Waals surface area contributed by atoms with Crippen LogP contribution in [-0.4, -0.2) is 24.0 Å². The predicted molar refractivity (Wildman–Crippen MR) is 42.9 cm³/mol. The smallest absolute Gasteiger partial charge is 0.279 e. The zero-order valence-corrected chi connectivity index (χ0v) is 7.28. The first-order valence-corrected chi connectivity index (χ1v) is 3.86. The highest BCUT2D eigenvalue weighted by Gasteiger charge is 2.16. The van der Waals surface area contributed by atoms with Gasteiger partial charge in [-0.1, -0.05) is 12.1 Å². The summed E-state index contributed by atoms with van der Waals surface area (Å²) >= 11 is 0. The summed E-state index contributed by atoms with van der Waals surface area (Å²) in [6.45, 7) is 2.63. The van der Waals surface area contributed by atoms with Gasteiger partial charge >= 0.3 is 0 Å². The zero-order valence-electron chi connectivity index (χ0n) is 7.28. The summed E-state index contributed by atoms with van der Waals surface area (Å²) in [7, 11) is 1.54. The number of aromatic nitrogens is 2. The molecule has 0 aliphatic heterocycles. The third-order valence-corrected chi connectivity index (χ3v) is 1.74. The highest BCUT2D eigenvalue weighted by atomic mass is 16.6. The standard InChI is InChI=1S/C7H13N3O2/c1-5(3-4-8)6-7(11-2)10-12-9-6/h5H,3-4,8H2,1-2H3. The summed E-state index contributed by atoms with van der Waals surface area (Å²) in [5.74, 6) is 0.687. The van der Waals surface area contributed by atoms with Crippen molar-refractivity contribution in [2.75, 3.05) is 13.7 Å². The van der Waals surface area contributed by atoms with Gasteiger partial charge < -0.3 is 10.5 Å². The molecule has 0 aliphatic carbocycles. The molecule has 1 unspecified atom stereocenters. The molecule has 1 atom stereocenters. The lowest BCUT2D eigenvalue weighted by Gasteiger charge is -2.05. The minimum absolute atomic E-state index is 0.233. The monoisotopic (exact) mass is 171 g/mol. The van der Waals surface area contributed by atoms with Crippen LogP contribution in [0, 0.1) is 0 Å². The van der Waals surface area contributed by atoms with Crippen molar-refractivity contribution in [1.29, 1.82) is 0 Å². The molecule has 0 amide bonds. The molecule has 0 spiro atoms. The van der Waals surface area contributed by atoms with Crippen LogP contribution in [0.4, 0.5) is 0 Å². The van der Waals surface area contributed by atoms with Crippen molar-refractivity contribution in [3.63, 3.8) is 0 Å². The lowest BCUT2D eigenvalue weighted by Crippen LogP contribution is -2.05. The summed E-state index contributed by atoms with van der Waals surface area (Å²) in [5.41, 5.74) is 6.15. The highest BCUT2D eigenvalue weighted by Crippen LogP contribution is 2.23. The maximum atomic E-state index is 5.41. The van der Waals surface area contributed by atoms with E-state index in [4.69, 9.17) is 10.5 Å². The highest BCUT2D eigenvalue weighted by molar-refractivity contribution is 5.18. The van der Waals surface area contributed by atoms with Crippen LogP contribution in [0.5, 0.6) is 5.88 Å². The van der Waals surface area contributed by atoms with Crippen LogP contribution in [0.2, 0.25) is 0 Å². The lowest BCUT2D eigenvalue weighted by molar-refractivity contribution is 0.280. The van der Waals surface area contributed by atoms with Crippen LogP contribution >= 0.6 is 0 Å². The molecular weight excluding hydrogens is 158 g/mol. The van der Waals surface area contributed by atoms with Crippen LogP contribution in [0.3, 0.4) is 0 Å². The van der Waals surface area contributed by atoms with E-state index in [0.29, 0.717) is 12.4 Å². The summed E-state index contributed by atoms with van der Waals surface area (Å²) < 4.78 is 9.48. The molecule has 5 heteroatoms. The molecule has 12 heavy (non-hydrogen) atoms. The van der Waals surface area contributed by atoms with E-state index in [0.717, 1.165) is 12.1 Å². The second-order valence-electron chi connectivity index (χ2n) is 2.64. The van der Waals surface area contributed by atoms with Crippen LogP contribution in [0.15, 0.2) is 4.63 Å². The molecule has 1 aromatic rings. The number of hydrogen-bond acceptors (Lipinski definition) is 5. The Morgan fingerprint density at radius 2 is 2.33 bits per heavy atom. The largest absolute Gasteiger partial charge is 0.477 e. The zero-order chi connectivity index (χ0) is 8.97. The Kier molecular flexibility index (Phi) is 3.04. The third-order valence-electron chi connectivity index (χ3n) is 1.74. The molecule has 0 radical (unpaired) electrons. The average Bonchev–Trinajstić information content (AvgIpc) is 2.51. The van der Waals surface area contributed by atoms with Gasteiger partial charge in [-0.3, -0.25) is 0 Å². The van der Waals surface area contributed by atoms with Gasteiger partial charge in [0.2, 0.25) is 0 Å². The van der Waals surface area contributed by atoms with Gasteiger partial charge in [-0.2, -0.15) is 0 Å². The van der Waals surface area contributed by atoms with Gasteiger partial charge in [0.15, 0.2) is 5.69 Å². The van der Waals surface area contributed by atoms with E-state index in [2.05, 4.69) is 14.9 Å². The van der Waals surface area contributed by atoms with E-state index in [1.807, 2.05) is 6.92 Å². The van der Waals surface area contributed by atoms with E-state index in [-0.39, 0.29) is 5.92 Å². The second kappa shape index (κ2) is 4.06. The van der Waals surface area contributed by atoms with Gasteiger partial charge in [-0.05, 0) is 18.1 Å². The minimum Gasteiger partial charge on any atom is -0.477 e. The van der Waals surface area contributed by atoms with E-state index >= 15 is 0 Å². The summed E-state index contributed by atoms with van der Waals surface area (Å²) in [5, 5.41) is 7.33. The quantitative estimate of drug-likeness (QED) is 0.715. The lowest BCUT2D eigenvalue weighted by atomic mass is 10.1. The van der Waals surface area contributed by atoms with Crippen LogP contribution in [-0.2, 0) is 0 Å². The first kappa shape index (κ1) is 8.99. The Hall–Kier alpha value is -1.10. The molecule has 5 nitrogen and oxygen atoms in total. The molecule has 1 rings (SSSR count). The average molecular weight is 171 g/mol. The molecule has 0 aromatic carbocycles. The van der Waals surface area contributed by atoms with Crippen molar-refractivity contribution in [3.05, 3.63) is 5.69 Å². The topological polar surface area (TPSA) is 74.2 Å². The molecule has 2 N–H and O–H groups in total. The SMILES string of the molecule is COc1nonc1C(C)CCN. The van der Waals surface area contributed by atoms with Crippen molar-refractivity contribution in [1.82, 2.24) is 10.3 Å². The van der Waals surface area contributed by atoms with Crippen molar-refractivity contribution < 1.29 is 9.37 Å². The van der Waals surface area contributed by atoms with Crippen LogP contribution in [0.25, 0.3) is 0 Å². The molecule has 0 saturated heterocycles. The number of nitrogens with zero attached hydrogens (tertiary/aromatic N) is 2. The molecule has 0 aliphatic rings. The fraction of sp³-hybridized carbons (Fsp3) is 0.714. The fourth-order valence-electron chi connectivity index (χ4n) is 1.02. The Morgan fingerprint density at radius 3 is 2.92 bits per heavy atom. The number of methoxy groups -OCH3 is 1. The van der Waals surface area contributed by atoms with Gasteiger partial charge in [0.25, 0.3) is 5.88 Å². The van der Waals surface area contributed by atoms with E-state index in [1.165, 1.54) is 7.11 Å². The first-order valence-electron chi connectivity index (χ1n) is 3.86. The first-order chi connectivity index (χ1) is 5.79. The molecule has 1 heterocycles. The molecule has 68 valence electrons. The summed E-state index contributed by atoms with van der Waals surface area (Å²) in [4.78, 5) is 0. The Labute approximate surface area is 70.8 Å². The van der Waals surface area contributed by atoms with Gasteiger partial charge in [-0.15, -0.1) is 0 Å². The van der Waals surface area contributed by atoms with E-state index in [1.54, 1.807) is 0 Å². The molecule has 0 bridgehead atoms. The maximum Gasteiger partial charge on any atom is 0.279 e. The second-order valence-corrected chi connectivity index (χ2v) is 2.64. The van der Waals surface area contributed by atoms with Crippen LogP contribution in [0.1, 0.15) is 25.0 Å². The number of ether oxygens (including phenoxy) is 1. The summed E-state index contributed by atoms with van der Waals surface area (Å²) in [6, 6.07) is 0. The molecule has 0 fully saturated rings. The fourth-order valence-corrected chi connectivity index (χ4v) is 1.02. The van der Waals surface area contributed by atoms with Crippen molar-refractivity contribution in [2.45, 2.75) is 19.3 Å². The number of nitrogens with two attached hydrogens (primary N) is 1. The maximum absolute atomic E-state index is 5.41.